The van der Waals surface area contributed by atoms with Crippen LogP contribution < -0.4 is 0 Å². The molecule has 1 heterocycles. The van der Waals surface area contributed by atoms with Crippen molar-refractivity contribution in [2.24, 2.45) is 0 Å². The van der Waals surface area contributed by atoms with Crippen molar-refractivity contribution in [1.82, 2.24) is 9.97 Å². The summed E-state index contributed by atoms with van der Waals surface area (Å²) in [4.78, 5) is 17.6. The van der Waals surface area contributed by atoms with E-state index in [0.29, 0.717) is 5.69 Å². The molecule has 0 saturated heterocycles. The Hall–Kier alpha value is -1.32. The van der Waals surface area contributed by atoms with E-state index in [1.54, 1.807) is 0 Å². The number of imidazole rings is 1. The molecule has 0 bridgehead atoms. The second-order valence-electron chi connectivity index (χ2n) is 2.07. The second-order valence-corrected chi connectivity index (χ2v) is 2.07. The van der Waals surface area contributed by atoms with Crippen LogP contribution >= 0.6 is 0 Å². The van der Waals surface area contributed by atoms with Gasteiger partial charge in [-0.1, -0.05) is 6.92 Å². The smallest absolute Gasteiger partial charge is 0.358 e. The first-order valence-corrected chi connectivity index (χ1v) is 3.40. The Kier molecular flexibility index (Phi) is 2.25. The van der Waals surface area contributed by atoms with Crippen molar-refractivity contribution < 1.29 is 9.53 Å². The predicted molar refractivity (Wildman–Crippen MR) is 39.3 cm³/mol. The Bertz CT molecular complexity index is 255. The van der Waals surface area contributed by atoms with Crippen LogP contribution in [0.5, 0.6) is 0 Å². The van der Waals surface area contributed by atoms with Gasteiger partial charge in [0.2, 0.25) is 0 Å². The van der Waals surface area contributed by atoms with Crippen LogP contribution in [-0.4, -0.2) is 23.0 Å². The molecule has 0 aliphatic rings. The first-order valence-electron chi connectivity index (χ1n) is 3.40. The molecule has 60 valence electrons. The van der Waals surface area contributed by atoms with Gasteiger partial charge in [-0.05, 0) is 6.42 Å². The molecule has 1 aromatic rings. The van der Waals surface area contributed by atoms with Crippen LogP contribution in [0.15, 0.2) is 6.33 Å². The van der Waals surface area contributed by atoms with Crippen molar-refractivity contribution >= 4 is 5.97 Å². The average molecular weight is 154 g/mol. The van der Waals surface area contributed by atoms with Gasteiger partial charge in [0.1, 0.15) is 0 Å². The van der Waals surface area contributed by atoms with Crippen LogP contribution in [0, 0.1) is 0 Å². The third-order valence-corrected chi connectivity index (χ3v) is 1.45. The first-order chi connectivity index (χ1) is 5.29. The molecule has 0 amide bonds. The van der Waals surface area contributed by atoms with E-state index in [9.17, 15) is 4.79 Å². The summed E-state index contributed by atoms with van der Waals surface area (Å²) in [7, 11) is 1.34. The van der Waals surface area contributed by atoms with Crippen molar-refractivity contribution in [3.63, 3.8) is 0 Å². The van der Waals surface area contributed by atoms with E-state index < -0.39 is 0 Å². The van der Waals surface area contributed by atoms with Crippen LogP contribution in [0.4, 0.5) is 0 Å². The second kappa shape index (κ2) is 3.18. The summed E-state index contributed by atoms with van der Waals surface area (Å²) >= 11 is 0. The number of aromatic amines is 1. The van der Waals surface area contributed by atoms with Crippen LogP contribution in [-0.2, 0) is 11.2 Å². The van der Waals surface area contributed by atoms with E-state index in [4.69, 9.17) is 0 Å². The van der Waals surface area contributed by atoms with Gasteiger partial charge in [0, 0.05) is 5.69 Å². The number of aromatic nitrogens is 2. The molecule has 0 unspecified atom stereocenters. The maximum Gasteiger partial charge on any atom is 0.358 e. The van der Waals surface area contributed by atoms with Gasteiger partial charge in [0.15, 0.2) is 5.69 Å². The Balaban J connectivity index is 2.92. The molecular formula is C7H10N2O2. The van der Waals surface area contributed by atoms with Gasteiger partial charge >= 0.3 is 5.97 Å². The number of hydrogen-bond donors (Lipinski definition) is 1. The fraction of sp³-hybridized carbons (Fsp3) is 0.429. The lowest BCUT2D eigenvalue weighted by atomic mass is 10.3. The highest BCUT2D eigenvalue weighted by Crippen LogP contribution is 2.03. The van der Waals surface area contributed by atoms with Gasteiger partial charge in [0.05, 0.1) is 13.4 Å². The zero-order valence-electron chi connectivity index (χ0n) is 6.55. The lowest BCUT2D eigenvalue weighted by Crippen LogP contribution is -2.04. The van der Waals surface area contributed by atoms with Crippen LogP contribution in [0.1, 0.15) is 23.1 Å². The third-order valence-electron chi connectivity index (χ3n) is 1.45. The predicted octanol–water partition coefficient (Wildman–Crippen LogP) is 0.759. The number of methoxy groups -OCH3 is 1. The summed E-state index contributed by atoms with van der Waals surface area (Å²) in [5.41, 5.74) is 1.20. The SMILES string of the molecule is CCc1[nH]cnc1C(=O)OC. The highest BCUT2D eigenvalue weighted by Gasteiger charge is 2.12. The number of nitrogens with one attached hydrogen (secondary N) is 1. The lowest BCUT2D eigenvalue weighted by molar-refractivity contribution is 0.0593. The largest absolute Gasteiger partial charge is 0.464 e. The van der Waals surface area contributed by atoms with Gasteiger partial charge in [-0.25, -0.2) is 9.78 Å². The molecule has 0 saturated carbocycles. The van der Waals surface area contributed by atoms with Crippen molar-refractivity contribution in [3.05, 3.63) is 17.7 Å². The van der Waals surface area contributed by atoms with E-state index in [1.807, 2.05) is 6.92 Å². The molecule has 4 nitrogen and oxygen atoms in total. The molecule has 1 rings (SSSR count). The molecule has 0 radical (unpaired) electrons. The topological polar surface area (TPSA) is 55.0 Å². The molecule has 11 heavy (non-hydrogen) atoms. The minimum absolute atomic E-state index is 0.384. The van der Waals surface area contributed by atoms with Gasteiger partial charge in [-0.2, -0.15) is 0 Å². The monoisotopic (exact) mass is 154 g/mol. The zero-order chi connectivity index (χ0) is 8.27. The molecule has 0 atom stereocenters. The molecule has 0 aliphatic heterocycles. The Labute approximate surface area is 64.6 Å². The standard InChI is InChI=1S/C7H10N2O2/c1-3-5-6(7(10)11-2)9-4-8-5/h4H,3H2,1-2H3,(H,8,9). The number of H-pyrrole nitrogens is 1. The molecule has 4 heteroatoms. The van der Waals surface area contributed by atoms with Crippen LogP contribution in [0.25, 0.3) is 0 Å². The molecular weight excluding hydrogens is 144 g/mol. The average Bonchev–Trinajstić information content (AvgIpc) is 2.50. The van der Waals surface area contributed by atoms with Crippen molar-refractivity contribution in [2.75, 3.05) is 7.11 Å². The normalized spacial score (nSPS) is 9.64. The molecule has 0 aromatic carbocycles. The fourth-order valence-electron chi connectivity index (χ4n) is 0.863. The number of rotatable bonds is 2. The third kappa shape index (κ3) is 1.39. The van der Waals surface area contributed by atoms with E-state index in [0.717, 1.165) is 12.1 Å². The van der Waals surface area contributed by atoms with Gasteiger partial charge in [0.25, 0.3) is 0 Å². The summed E-state index contributed by atoms with van der Waals surface area (Å²) in [5, 5.41) is 0. The van der Waals surface area contributed by atoms with E-state index >= 15 is 0 Å². The van der Waals surface area contributed by atoms with Crippen molar-refractivity contribution in [3.8, 4) is 0 Å². The van der Waals surface area contributed by atoms with Gasteiger partial charge in [-0.15, -0.1) is 0 Å². The number of aryl methyl sites for hydroxylation is 1. The Morgan fingerprint density at radius 1 is 1.82 bits per heavy atom. The number of nitrogens with zero attached hydrogens (tertiary/aromatic N) is 1. The highest BCUT2D eigenvalue weighted by atomic mass is 16.5. The van der Waals surface area contributed by atoms with Crippen molar-refractivity contribution in [1.29, 1.82) is 0 Å². The van der Waals surface area contributed by atoms with Gasteiger partial charge < -0.3 is 9.72 Å². The van der Waals surface area contributed by atoms with Gasteiger partial charge in [-0.3, -0.25) is 0 Å². The first kappa shape index (κ1) is 7.78. The molecule has 0 aliphatic carbocycles. The van der Waals surface area contributed by atoms with Crippen LogP contribution in [0.3, 0.4) is 0 Å². The summed E-state index contributed by atoms with van der Waals surface area (Å²) < 4.78 is 4.52. The molecule has 1 aromatic heterocycles. The van der Waals surface area contributed by atoms with Crippen LogP contribution in [0.2, 0.25) is 0 Å². The zero-order valence-corrected chi connectivity index (χ0v) is 6.55. The minimum atomic E-state index is -0.386. The van der Waals surface area contributed by atoms with E-state index in [-0.39, 0.29) is 5.97 Å². The maximum absolute atomic E-state index is 10.9. The fourth-order valence-corrected chi connectivity index (χ4v) is 0.863. The summed E-state index contributed by atoms with van der Waals surface area (Å²) in [6, 6.07) is 0. The molecule has 0 fully saturated rings. The minimum Gasteiger partial charge on any atom is -0.464 e. The molecule has 0 spiro atoms. The summed E-state index contributed by atoms with van der Waals surface area (Å²) in [6.07, 6.45) is 2.25. The molecule has 1 N–H and O–H groups in total. The number of hydrogen-bond acceptors (Lipinski definition) is 3. The Morgan fingerprint density at radius 2 is 2.55 bits per heavy atom. The summed E-state index contributed by atoms with van der Waals surface area (Å²) in [6.45, 7) is 1.94. The summed E-state index contributed by atoms with van der Waals surface area (Å²) in [5.74, 6) is -0.386. The maximum atomic E-state index is 10.9. The number of carbonyl (C=O) groups excluding carboxylic acids is 1. The number of carbonyl (C=O) groups is 1. The van der Waals surface area contributed by atoms with Crippen molar-refractivity contribution in [2.45, 2.75) is 13.3 Å². The Morgan fingerprint density at radius 3 is 3.09 bits per heavy atom. The number of esters is 1. The quantitative estimate of drug-likeness (QED) is 0.640. The van der Waals surface area contributed by atoms with E-state index in [2.05, 4.69) is 14.7 Å². The number of ether oxygens (including phenoxy) is 1. The highest BCUT2D eigenvalue weighted by molar-refractivity contribution is 5.88. The van der Waals surface area contributed by atoms with E-state index in [1.165, 1.54) is 13.4 Å². The lowest BCUT2D eigenvalue weighted by Gasteiger charge is -1.95.